The van der Waals surface area contributed by atoms with E-state index < -0.39 is 35.7 Å². The second-order valence-corrected chi connectivity index (χ2v) is 13.2. The highest BCUT2D eigenvalue weighted by Gasteiger charge is 2.32. The molecular formula is C19H23FN2O6S3. The van der Waals surface area contributed by atoms with Crippen LogP contribution in [0.1, 0.15) is 12.0 Å². The summed E-state index contributed by atoms with van der Waals surface area (Å²) in [5.74, 6) is -0.557. The lowest BCUT2D eigenvalue weighted by molar-refractivity contribution is 0.404. The number of benzene rings is 2. The minimum atomic E-state index is -4.04. The Hall–Kier alpha value is -1.86. The summed E-state index contributed by atoms with van der Waals surface area (Å²) < 4.78 is 91.4. The van der Waals surface area contributed by atoms with E-state index in [1.54, 1.807) is 6.92 Å². The van der Waals surface area contributed by atoms with Gasteiger partial charge in [0.25, 0.3) is 0 Å². The predicted octanol–water partition coefficient (Wildman–Crippen LogP) is 1.62. The second kappa shape index (κ2) is 8.58. The number of sulfonamides is 2. The molecule has 0 aliphatic carbocycles. The monoisotopic (exact) mass is 490 g/mol. The Bertz CT molecular complexity index is 1290. The third-order valence-corrected chi connectivity index (χ3v) is 10.1. The molecule has 1 heterocycles. The zero-order valence-corrected chi connectivity index (χ0v) is 19.5. The van der Waals surface area contributed by atoms with E-state index in [2.05, 4.69) is 0 Å². The molecule has 0 saturated carbocycles. The average Bonchev–Trinajstić information content (AvgIpc) is 2.95. The molecule has 3 rings (SSSR count). The Morgan fingerprint density at radius 3 is 1.81 bits per heavy atom. The average molecular weight is 491 g/mol. The van der Waals surface area contributed by atoms with E-state index in [4.69, 9.17) is 0 Å². The molecule has 1 aliphatic rings. The van der Waals surface area contributed by atoms with Crippen LogP contribution in [0.25, 0.3) is 0 Å². The van der Waals surface area contributed by atoms with Crippen LogP contribution < -0.4 is 0 Å². The molecule has 31 heavy (non-hydrogen) atoms. The maximum Gasteiger partial charge on any atom is 0.243 e. The maximum atomic E-state index is 13.2. The molecule has 0 spiro atoms. The smallest absolute Gasteiger partial charge is 0.224 e. The van der Waals surface area contributed by atoms with Crippen molar-refractivity contribution in [1.82, 2.24) is 8.61 Å². The second-order valence-electron chi connectivity index (χ2n) is 7.32. The van der Waals surface area contributed by atoms with Crippen molar-refractivity contribution < 1.29 is 29.6 Å². The molecule has 2 aromatic carbocycles. The minimum Gasteiger partial charge on any atom is -0.224 e. The first kappa shape index (κ1) is 23.8. The summed E-state index contributed by atoms with van der Waals surface area (Å²) in [5, 5.41) is 0. The van der Waals surface area contributed by atoms with Gasteiger partial charge in [-0.2, -0.15) is 8.61 Å². The van der Waals surface area contributed by atoms with Crippen LogP contribution in [-0.2, 0) is 29.9 Å². The Kier molecular flexibility index (Phi) is 6.59. The van der Waals surface area contributed by atoms with E-state index in [1.807, 2.05) is 0 Å². The van der Waals surface area contributed by atoms with Crippen molar-refractivity contribution in [1.29, 1.82) is 0 Å². The molecule has 0 bridgehead atoms. The van der Waals surface area contributed by atoms with Crippen LogP contribution in [0.4, 0.5) is 4.39 Å². The first-order chi connectivity index (χ1) is 14.3. The zero-order chi connectivity index (χ0) is 23.0. The van der Waals surface area contributed by atoms with Gasteiger partial charge < -0.3 is 0 Å². The van der Waals surface area contributed by atoms with Gasteiger partial charge in [0.05, 0.1) is 14.7 Å². The van der Waals surface area contributed by atoms with Gasteiger partial charge in [0, 0.05) is 32.4 Å². The van der Waals surface area contributed by atoms with E-state index in [9.17, 15) is 29.6 Å². The summed E-state index contributed by atoms with van der Waals surface area (Å²) in [6.45, 7) is 1.59. The standard InChI is InChI=1S/C19H23FN2O6S3/c1-15-4-7-18(29(2,23)24)14-19(15)31(27,28)22-11-3-10-21(12-13-22)30(25,26)17-8-5-16(20)6-9-17/h4-9,14H,3,10-13H2,1-2H3. The molecule has 0 radical (unpaired) electrons. The van der Waals surface area contributed by atoms with E-state index in [-0.39, 0.29) is 47.3 Å². The summed E-state index contributed by atoms with van der Waals surface area (Å²) in [5.41, 5.74) is 0.396. The lowest BCUT2D eigenvalue weighted by Crippen LogP contribution is -2.37. The Labute approximate surface area is 182 Å². The Balaban J connectivity index is 1.87. The quantitative estimate of drug-likeness (QED) is 0.630. The predicted molar refractivity (Wildman–Crippen MR) is 113 cm³/mol. The van der Waals surface area contributed by atoms with Crippen LogP contribution in [-0.4, -0.2) is 66.3 Å². The topological polar surface area (TPSA) is 109 Å². The number of hydrogen-bond donors (Lipinski definition) is 0. The third kappa shape index (κ3) is 4.98. The number of aryl methyl sites for hydroxylation is 1. The Morgan fingerprint density at radius 1 is 0.742 bits per heavy atom. The first-order valence-corrected chi connectivity index (χ1v) is 14.2. The highest BCUT2D eigenvalue weighted by molar-refractivity contribution is 7.91. The van der Waals surface area contributed by atoms with Crippen LogP contribution in [0.15, 0.2) is 57.2 Å². The van der Waals surface area contributed by atoms with Gasteiger partial charge in [0.1, 0.15) is 5.82 Å². The fraction of sp³-hybridized carbons (Fsp3) is 0.368. The van der Waals surface area contributed by atoms with Crippen LogP contribution in [0.2, 0.25) is 0 Å². The summed E-state index contributed by atoms with van der Waals surface area (Å²) >= 11 is 0. The molecule has 12 heteroatoms. The molecule has 1 saturated heterocycles. The molecule has 0 unspecified atom stereocenters. The molecule has 170 valence electrons. The molecule has 0 aromatic heterocycles. The third-order valence-electron chi connectivity index (χ3n) is 5.07. The fourth-order valence-corrected chi connectivity index (χ4v) is 7.25. The molecule has 1 fully saturated rings. The van der Waals surface area contributed by atoms with Crippen LogP contribution in [0, 0.1) is 12.7 Å². The molecule has 0 amide bonds. The first-order valence-electron chi connectivity index (χ1n) is 9.40. The molecular weight excluding hydrogens is 467 g/mol. The van der Waals surface area contributed by atoms with Crippen LogP contribution >= 0.6 is 0 Å². The van der Waals surface area contributed by atoms with Gasteiger partial charge in [0.2, 0.25) is 20.0 Å². The number of hydrogen-bond acceptors (Lipinski definition) is 6. The molecule has 8 nitrogen and oxygen atoms in total. The zero-order valence-electron chi connectivity index (χ0n) is 17.0. The summed E-state index contributed by atoms with van der Waals surface area (Å²) in [6.07, 6.45) is 1.25. The highest BCUT2D eigenvalue weighted by Crippen LogP contribution is 2.26. The minimum absolute atomic E-state index is 0.0677. The normalized spacial score (nSPS) is 17.4. The van der Waals surface area contributed by atoms with Crippen molar-refractivity contribution in [2.75, 3.05) is 32.4 Å². The van der Waals surface area contributed by atoms with Gasteiger partial charge in [-0.05, 0) is 55.3 Å². The van der Waals surface area contributed by atoms with Crippen molar-refractivity contribution in [3.8, 4) is 0 Å². The number of sulfone groups is 1. The van der Waals surface area contributed by atoms with Gasteiger partial charge in [-0.3, -0.25) is 0 Å². The van der Waals surface area contributed by atoms with E-state index in [1.165, 1.54) is 32.9 Å². The largest absolute Gasteiger partial charge is 0.243 e. The van der Waals surface area contributed by atoms with Crippen molar-refractivity contribution >= 4 is 29.9 Å². The lowest BCUT2D eigenvalue weighted by atomic mass is 10.2. The van der Waals surface area contributed by atoms with E-state index in [0.717, 1.165) is 24.5 Å². The van der Waals surface area contributed by atoms with Crippen molar-refractivity contribution in [2.24, 2.45) is 0 Å². The van der Waals surface area contributed by atoms with Gasteiger partial charge in [-0.25, -0.2) is 29.6 Å². The maximum absolute atomic E-state index is 13.2. The van der Waals surface area contributed by atoms with E-state index in [0.29, 0.717) is 5.56 Å². The summed E-state index contributed by atoms with van der Waals surface area (Å²) in [4.78, 5) is -0.292. The fourth-order valence-electron chi connectivity index (χ4n) is 3.33. The molecule has 0 atom stereocenters. The Morgan fingerprint density at radius 2 is 1.26 bits per heavy atom. The van der Waals surface area contributed by atoms with Gasteiger partial charge >= 0.3 is 0 Å². The van der Waals surface area contributed by atoms with Gasteiger partial charge in [0.15, 0.2) is 9.84 Å². The van der Waals surface area contributed by atoms with Crippen LogP contribution in [0.5, 0.6) is 0 Å². The summed E-state index contributed by atoms with van der Waals surface area (Å²) in [6, 6.07) is 8.37. The molecule has 0 N–H and O–H groups in total. The highest BCUT2D eigenvalue weighted by atomic mass is 32.2. The molecule has 1 aliphatic heterocycles. The number of halogens is 1. The van der Waals surface area contributed by atoms with Crippen LogP contribution in [0.3, 0.4) is 0 Å². The van der Waals surface area contributed by atoms with Gasteiger partial charge in [-0.1, -0.05) is 6.07 Å². The van der Waals surface area contributed by atoms with Crippen molar-refractivity contribution in [2.45, 2.75) is 28.0 Å². The van der Waals surface area contributed by atoms with E-state index >= 15 is 0 Å². The summed E-state index contributed by atoms with van der Waals surface area (Å²) in [7, 11) is -11.5. The SMILES string of the molecule is Cc1ccc(S(C)(=O)=O)cc1S(=O)(=O)N1CCCN(S(=O)(=O)c2ccc(F)cc2)CC1. The number of nitrogens with zero attached hydrogens (tertiary/aromatic N) is 2. The molecule has 2 aromatic rings. The van der Waals surface area contributed by atoms with Crippen molar-refractivity contribution in [3.05, 3.63) is 53.8 Å². The van der Waals surface area contributed by atoms with Crippen molar-refractivity contribution in [3.63, 3.8) is 0 Å². The number of rotatable bonds is 5. The van der Waals surface area contributed by atoms with Gasteiger partial charge in [-0.15, -0.1) is 0 Å². The lowest BCUT2D eigenvalue weighted by Gasteiger charge is -2.22.